The van der Waals surface area contributed by atoms with E-state index in [9.17, 15) is 4.79 Å². The third-order valence-corrected chi connectivity index (χ3v) is 2.69. The van der Waals surface area contributed by atoms with E-state index in [1.54, 1.807) is 4.90 Å². The molecule has 1 heterocycles. The molecule has 1 saturated heterocycles. The first-order chi connectivity index (χ1) is 6.27. The summed E-state index contributed by atoms with van der Waals surface area (Å²) in [7, 11) is 1.86. The predicted octanol–water partition coefficient (Wildman–Crippen LogP) is 0.106. The quantitative estimate of drug-likeness (QED) is 0.671. The molecular weight excluding hydrogens is 166 g/mol. The van der Waals surface area contributed by atoms with Crippen molar-refractivity contribution in [2.24, 2.45) is 0 Å². The Morgan fingerprint density at radius 1 is 1.46 bits per heavy atom. The van der Waals surface area contributed by atoms with Crippen molar-refractivity contribution < 1.29 is 4.79 Å². The Labute approximate surface area is 78.9 Å². The van der Waals surface area contributed by atoms with Crippen LogP contribution in [0.2, 0.25) is 0 Å². The average Bonchev–Trinajstić information content (AvgIpc) is 2.88. The zero-order valence-corrected chi connectivity index (χ0v) is 8.12. The molecule has 13 heavy (non-hydrogen) atoms. The summed E-state index contributed by atoms with van der Waals surface area (Å²) in [5.41, 5.74) is 0. The molecule has 1 aliphatic carbocycles. The summed E-state index contributed by atoms with van der Waals surface area (Å²) in [6.07, 6.45) is 2.63. The summed E-state index contributed by atoms with van der Waals surface area (Å²) in [4.78, 5) is 15.1. The molecule has 0 aromatic rings. The van der Waals surface area contributed by atoms with Crippen LogP contribution < -0.4 is 5.32 Å². The summed E-state index contributed by atoms with van der Waals surface area (Å²) < 4.78 is 0. The zero-order valence-electron chi connectivity index (χ0n) is 8.12. The second kappa shape index (κ2) is 3.54. The van der Waals surface area contributed by atoms with Crippen LogP contribution in [0, 0.1) is 0 Å². The molecule has 1 aliphatic heterocycles. The second-order valence-corrected chi connectivity index (χ2v) is 3.92. The number of rotatable bonds is 4. The van der Waals surface area contributed by atoms with E-state index in [-0.39, 0.29) is 6.03 Å². The van der Waals surface area contributed by atoms with Crippen molar-refractivity contribution in [3.05, 3.63) is 0 Å². The molecule has 0 aromatic carbocycles. The van der Waals surface area contributed by atoms with Crippen LogP contribution in [0.15, 0.2) is 0 Å². The highest BCUT2D eigenvalue weighted by atomic mass is 16.2. The van der Waals surface area contributed by atoms with Crippen molar-refractivity contribution in [3.8, 4) is 0 Å². The van der Waals surface area contributed by atoms with E-state index in [0.29, 0.717) is 0 Å². The molecule has 2 amide bonds. The van der Waals surface area contributed by atoms with Gasteiger partial charge in [-0.1, -0.05) is 0 Å². The lowest BCUT2D eigenvalue weighted by Gasteiger charge is -2.15. The molecule has 0 atom stereocenters. The Kier molecular flexibility index (Phi) is 2.40. The first kappa shape index (κ1) is 8.81. The SMILES string of the molecule is CN1CCN(CCNC2CC2)C1=O. The Balaban J connectivity index is 1.66. The van der Waals surface area contributed by atoms with Gasteiger partial charge in [0, 0.05) is 39.3 Å². The summed E-state index contributed by atoms with van der Waals surface area (Å²) in [6.45, 7) is 3.58. The Hall–Kier alpha value is -0.770. The lowest BCUT2D eigenvalue weighted by molar-refractivity contribution is 0.198. The van der Waals surface area contributed by atoms with Gasteiger partial charge in [0.1, 0.15) is 0 Å². The maximum absolute atomic E-state index is 11.4. The number of hydrogen-bond acceptors (Lipinski definition) is 2. The number of carbonyl (C=O) groups excluding carboxylic acids is 1. The highest BCUT2D eigenvalue weighted by Gasteiger charge is 2.25. The van der Waals surface area contributed by atoms with Gasteiger partial charge in [-0.25, -0.2) is 4.79 Å². The van der Waals surface area contributed by atoms with E-state index in [1.807, 2.05) is 11.9 Å². The molecule has 4 nitrogen and oxygen atoms in total. The molecule has 0 spiro atoms. The van der Waals surface area contributed by atoms with Crippen LogP contribution in [0.3, 0.4) is 0 Å². The van der Waals surface area contributed by atoms with E-state index < -0.39 is 0 Å². The van der Waals surface area contributed by atoms with E-state index in [0.717, 1.165) is 32.2 Å². The first-order valence-corrected chi connectivity index (χ1v) is 5.01. The van der Waals surface area contributed by atoms with Gasteiger partial charge < -0.3 is 15.1 Å². The Morgan fingerprint density at radius 3 is 2.77 bits per heavy atom. The smallest absolute Gasteiger partial charge is 0.319 e. The highest BCUT2D eigenvalue weighted by molar-refractivity contribution is 5.76. The molecule has 4 heteroatoms. The normalized spacial score (nSPS) is 23.0. The minimum absolute atomic E-state index is 0.178. The summed E-state index contributed by atoms with van der Waals surface area (Å²) >= 11 is 0. The van der Waals surface area contributed by atoms with E-state index in [1.165, 1.54) is 12.8 Å². The van der Waals surface area contributed by atoms with Crippen LogP contribution >= 0.6 is 0 Å². The highest BCUT2D eigenvalue weighted by Crippen LogP contribution is 2.18. The summed E-state index contributed by atoms with van der Waals surface area (Å²) in [6, 6.07) is 0.924. The fraction of sp³-hybridized carbons (Fsp3) is 0.889. The molecule has 0 aromatic heterocycles. The van der Waals surface area contributed by atoms with Crippen molar-refractivity contribution >= 4 is 6.03 Å². The molecular formula is C9H17N3O. The van der Waals surface area contributed by atoms with Gasteiger partial charge in [0.25, 0.3) is 0 Å². The van der Waals surface area contributed by atoms with Crippen LogP contribution in [0.5, 0.6) is 0 Å². The number of nitrogens with zero attached hydrogens (tertiary/aromatic N) is 2. The molecule has 0 radical (unpaired) electrons. The van der Waals surface area contributed by atoms with Crippen molar-refractivity contribution in [2.45, 2.75) is 18.9 Å². The van der Waals surface area contributed by atoms with Crippen LogP contribution in [0.1, 0.15) is 12.8 Å². The molecule has 0 unspecified atom stereocenters. The molecule has 1 saturated carbocycles. The standard InChI is InChI=1S/C9H17N3O/c1-11-6-7-12(9(11)13)5-4-10-8-2-3-8/h8,10H,2-7H2,1H3. The number of carbonyl (C=O) groups is 1. The number of amides is 2. The van der Waals surface area contributed by atoms with Crippen LogP contribution in [-0.4, -0.2) is 55.1 Å². The van der Waals surface area contributed by atoms with Gasteiger partial charge in [-0.05, 0) is 12.8 Å². The van der Waals surface area contributed by atoms with Gasteiger partial charge in [-0.15, -0.1) is 0 Å². The molecule has 2 fully saturated rings. The third-order valence-electron chi connectivity index (χ3n) is 2.69. The van der Waals surface area contributed by atoms with E-state index in [2.05, 4.69) is 5.32 Å². The van der Waals surface area contributed by atoms with Gasteiger partial charge in [-0.3, -0.25) is 0 Å². The topological polar surface area (TPSA) is 35.6 Å². The molecule has 2 aliphatic rings. The first-order valence-electron chi connectivity index (χ1n) is 5.01. The van der Waals surface area contributed by atoms with Crippen LogP contribution in [0.4, 0.5) is 4.79 Å². The monoisotopic (exact) mass is 183 g/mol. The largest absolute Gasteiger partial charge is 0.326 e. The molecule has 1 N–H and O–H groups in total. The molecule has 74 valence electrons. The summed E-state index contributed by atoms with van der Waals surface area (Å²) in [5, 5.41) is 3.41. The van der Waals surface area contributed by atoms with Gasteiger partial charge in [0.15, 0.2) is 0 Å². The number of likely N-dealkylation sites (N-methyl/N-ethyl adjacent to an activating group) is 1. The molecule has 0 bridgehead atoms. The summed E-state index contributed by atoms with van der Waals surface area (Å²) in [5.74, 6) is 0. The molecule has 2 rings (SSSR count). The van der Waals surface area contributed by atoms with Gasteiger partial charge in [0.05, 0.1) is 0 Å². The van der Waals surface area contributed by atoms with Crippen LogP contribution in [-0.2, 0) is 0 Å². The third kappa shape index (κ3) is 2.12. The van der Waals surface area contributed by atoms with Gasteiger partial charge in [0.2, 0.25) is 0 Å². The number of urea groups is 1. The fourth-order valence-corrected chi connectivity index (χ4v) is 1.60. The minimum atomic E-state index is 0.178. The van der Waals surface area contributed by atoms with Gasteiger partial charge in [-0.2, -0.15) is 0 Å². The van der Waals surface area contributed by atoms with Crippen molar-refractivity contribution in [1.82, 2.24) is 15.1 Å². The van der Waals surface area contributed by atoms with Gasteiger partial charge >= 0.3 is 6.03 Å². The van der Waals surface area contributed by atoms with Crippen LogP contribution in [0.25, 0.3) is 0 Å². The second-order valence-electron chi connectivity index (χ2n) is 3.92. The number of hydrogen-bond donors (Lipinski definition) is 1. The Morgan fingerprint density at radius 2 is 2.23 bits per heavy atom. The van der Waals surface area contributed by atoms with Crippen molar-refractivity contribution in [1.29, 1.82) is 0 Å². The fourth-order valence-electron chi connectivity index (χ4n) is 1.60. The number of nitrogens with one attached hydrogen (secondary N) is 1. The minimum Gasteiger partial charge on any atom is -0.326 e. The Bertz CT molecular complexity index is 203. The van der Waals surface area contributed by atoms with Crippen molar-refractivity contribution in [3.63, 3.8) is 0 Å². The maximum Gasteiger partial charge on any atom is 0.319 e. The lowest BCUT2D eigenvalue weighted by Crippen LogP contribution is -2.35. The maximum atomic E-state index is 11.4. The van der Waals surface area contributed by atoms with Crippen molar-refractivity contribution in [2.75, 3.05) is 33.2 Å². The lowest BCUT2D eigenvalue weighted by atomic mass is 10.5. The van der Waals surface area contributed by atoms with E-state index in [4.69, 9.17) is 0 Å². The predicted molar refractivity (Wildman–Crippen MR) is 50.6 cm³/mol. The van der Waals surface area contributed by atoms with E-state index >= 15 is 0 Å². The zero-order chi connectivity index (χ0) is 9.26. The average molecular weight is 183 g/mol.